The van der Waals surface area contributed by atoms with Crippen molar-refractivity contribution in [3.8, 4) is 5.75 Å². The van der Waals surface area contributed by atoms with E-state index in [0.29, 0.717) is 23.0 Å². The summed E-state index contributed by atoms with van der Waals surface area (Å²) >= 11 is 6.16. The van der Waals surface area contributed by atoms with Crippen molar-refractivity contribution in [2.24, 2.45) is 0 Å². The summed E-state index contributed by atoms with van der Waals surface area (Å²) < 4.78 is 6.77. The second-order valence-corrected chi connectivity index (χ2v) is 5.79. The Balaban J connectivity index is 2.95. The second-order valence-electron chi connectivity index (χ2n) is 5.38. The van der Waals surface area contributed by atoms with E-state index < -0.39 is 12.0 Å². The van der Waals surface area contributed by atoms with Gasteiger partial charge in [0.1, 0.15) is 5.75 Å². The normalized spacial score (nSPS) is 9.87. The highest BCUT2D eigenvalue weighted by molar-refractivity contribution is 6.34. The van der Waals surface area contributed by atoms with Gasteiger partial charge in [-0.05, 0) is 18.6 Å². The molecule has 2 amide bonds. The predicted molar refractivity (Wildman–Crippen MR) is 90.5 cm³/mol. The molecule has 1 aromatic rings. The summed E-state index contributed by atoms with van der Waals surface area (Å²) in [6.07, 6.45) is 0. The van der Waals surface area contributed by atoms with Crippen molar-refractivity contribution in [2.45, 2.75) is 13.8 Å². The number of carbonyl (C=O) groups excluding carboxylic acids is 2. The average molecular weight is 342 g/mol. The summed E-state index contributed by atoms with van der Waals surface area (Å²) in [5.41, 5.74) is 1.14. The van der Waals surface area contributed by atoms with E-state index in [0.717, 1.165) is 0 Å². The van der Waals surface area contributed by atoms with E-state index in [2.05, 4.69) is 10.6 Å². The summed E-state index contributed by atoms with van der Waals surface area (Å²) in [5.74, 6) is 0.516. The van der Waals surface area contributed by atoms with Gasteiger partial charge >= 0.3 is 18.0 Å². The van der Waals surface area contributed by atoms with E-state index in [1.54, 1.807) is 22.5 Å². The Labute approximate surface area is 140 Å². The predicted octanol–water partition coefficient (Wildman–Crippen LogP) is 1.88. The number of aryl methyl sites for hydroxylation is 1. The van der Waals surface area contributed by atoms with Gasteiger partial charge < -0.3 is 4.74 Å². The number of esters is 1. The molecule has 0 aromatic heterocycles. The summed E-state index contributed by atoms with van der Waals surface area (Å²) in [4.78, 5) is 24.9. The molecular formula is C15H22ClN4O3+. The lowest BCUT2D eigenvalue weighted by atomic mass is 10.2. The molecule has 0 radical (unpaired) electrons. The van der Waals surface area contributed by atoms with Gasteiger partial charge in [0, 0.05) is 13.0 Å². The van der Waals surface area contributed by atoms with Gasteiger partial charge in [-0.3, -0.25) is 19.6 Å². The highest BCUT2D eigenvalue weighted by Crippen LogP contribution is 2.31. The smallest absolute Gasteiger partial charge is 0.384 e. The molecule has 0 atom stereocenters. The summed E-state index contributed by atoms with van der Waals surface area (Å²) in [5, 5.41) is 5.73. The van der Waals surface area contributed by atoms with Crippen molar-refractivity contribution < 1.29 is 18.9 Å². The fraction of sp³-hybridized carbons (Fsp3) is 0.400. The number of ether oxygens (including phenoxy) is 1. The zero-order valence-electron chi connectivity index (χ0n) is 14.2. The van der Waals surface area contributed by atoms with Crippen molar-refractivity contribution in [2.75, 3.05) is 33.5 Å². The lowest BCUT2D eigenvalue weighted by Gasteiger charge is -2.14. The van der Waals surface area contributed by atoms with Crippen LogP contribution in [-0.4, -0.2) is 55.6 Å². The van der Waals surface area contributed by atoms with E-state index in [-0.39, 0.29) is 5.02 Å². The molecule has 1 rings (SSSR count). The van der Waals surface area contributed by atoms with Crippen LogP contribution in [0.2, 0.25) is 5.02 Å². The van der Waals surface area contributed by atoms with Crippen molar-refractivity contribution in [1.82, 2.24) is 10.2 Å². The molecule has 0 bridgehead atoms. The van der Waals surface area contributed by atoms with Gasteiger partial charge in [-0.1, -0.05) is 11.6 Å². The monoisotopic (exact) mass is 341 g/mol. The Kier molecular flexibility index (Phi) is 6.38. The van der Waals surface area contributed by atoms with Crippen LogP contribution in [0.25, 0.3) is 0 Å². The number of hydrogen-bond acceptors (Lipinski definition) is 3. The van der Waals surface area contributed by atoms with E-state index in [1.807, 2.05) is 28.2 Å². The first kappa shape index (κ1) is 18.8. The maximum atomic E-state index is 12.2. The highest BCUT2D eigenvalue weighted by Gasteiger charge is 2.18. The number of rotatable bonds is 2. The number of carbonyl (C=O) groups is 2. The number of anilines is 1. The SMILES string of the molecule is CC(=O)Oc1cc(C)c(NC(=O)NC(N(C)C)=[N+](C)C)c(Cl)c1. The lowest BCUT2D eigenvalue weighted by molar-refractivity contribution is -0.471. The number of benzene rings is 1. The third kappa shape index (κ3) is 5.45. The Hall–Kier alpha value is -2.28. The van der Waals surface area contributed by atoms with Crippen molar-refractivity contribution in [3.05, 3.63) is 22.7 Å². The van der Waals surface area contributed by atoms with Gasteiger partial charge in [0.05, 0.1) is 38.9 Å². The minimum Gasteiger partial charge on any atom is -0.427 e. The average Bonchev–Trinajstić information content (AvgIpc) is 2.38. The van der Waals surface area contributed by atoms with Crippen LogP contribution in [0.5, 0.6) is 5.75 Å². The van der Waals surface area contributed by atoms with Crippen LogP contribution in [0.15, 0.2) is 12.1 Å². The van der Waals surface area contributed by atoms with Crippen LogP contribution in [0, 0.1) is 6.92 Å². The van der Waals surface area contributed by atoms with Gasteiger partial charge in [0.2, 0.25) is 0 Å². The molecule has 1 aromatic carbocycles. The maximum absolute atomic E-state index is 12.2. The van der Waals surface area contributed by atoms with E-state index >= 15 is 0 Å². The zero-order chi connectivity index (χ0) is 17.7. The highest BCUT2D eigenvalue weighted by atomic mass is 35.5. The van der Waals surface area contributed by atoms with Crippen LogP contribution < -0.4 is 15.4 Å². The molecule has 0 saturated carbocycles. The molecule has 7 nitrogen and oxygen atoms in total. The molecule has 0 aliphatic carbocycles. The Bertz CT molecular complexity index is 629. The van der Waals surface area contributed by atoms with Crippen LogP contribution in [-0.2, 0) is 4.79 Å². The van der Waals surface area contributed by atoms with Crippen molar-refractivity contribution >= 4 is 35.2 Å². The summed E-state index contributed by atoms with van der Waals surface area (Å²) in [6, 6.07) is 2.69. The topological polar surface area (TPSA) is 73.7 Å². The van der Waals surface area contributed by atoms with Gasteiger partial charge in [0.15, 0.2) is 0 Å². The lowest BCUT2D eigenvalue weighted by Crippen LogP contribution is -2.46. The third-order valence-electron chi connectivity index (χ3n) is 2.83. The van der Waals surface area contributed by atoms with Crippen LogP contribution in [0.3, 0.4) is 0 Å². The first-order valence-electron chi connectivity index (χ1n) is 6.90. The molecule has 0 unspecified atom stereocenters. The minimum atomic E-state index is -0.435. The molecule has 0 fully saturated rings. The van der Waals surface area contributed by atoms with Crippen LogP contribution >= 0.6 is 11.6 Å². The number of hydrogen-bond donors (Lipinski definition) is 2. The molecule has 8 heteroatoms. The van der Waals surface area contributed by atoms with E-state index in [9.17, 15) is 9.59 Å². The zero-order valence-corrected chi connectivity index (χ0v) is 14.9. The Morgan fingerprint density at radius 3 is 2.30 bits per heavy atom. The van der Waals surface area contributed by atoms with Crippen LogP contribution in [0.1, 0.15) is 12.5 Å². The first-order valence-corrected chi connectivity index (χ1v) is 7.27. The number of halogens is 1. The standard InChI is InChI=1S/C15H21ClN4O3/c1-9-7-11(23-10(2)21)8-12(16)13(9)17-14(22)18-15(19(3)4)20(5)6/h7-8H,1-6H3,(H,17,22)/p+1. The number of nitrogens with zero attached hydrogens (tertiary/aromatic N) is 2. The number of guanidine groups is 1. The number of nitrogens with one attached hydrogen (secondary N) is 2. The fourth-order valence-corrected chi connectivity index (χ4v) is 2.27. The molecule has 2 N–H and O–H groups in total. The van der Waals surface area contributed by atoms with E-state index in [4.69, 9.17) is 16.3 Å². The maximum Gasteiger partial charge on any atom is 0.384 e. The fourth-order valence-electron chi connectivity index (χ4n) is 1.97. The molecule has 0 saturated heterocycles. The molecule has 126 valence electrons. The number of amides is 2. The van der Waals surface area contributed by atoms with Crippen molar-refractivity contribution in [3.63, 3.8) is 0 Å². The molecular weight excluding hydrogens is 320 g/mol. The van der Waals surface area contributed by atoms with Gasteiger partial charge in [0.25, 0.3) is 0 Å². The molecule has 0 heterocycles. The molecule has 0 aliphatic rings. The van der Waals surface area contributed by atoms with Gasteiger partial charge in [-0.2, -0.15) is 5.32 Å². The second kappa shape index (κ2) is 7.82. The minimum absolute atomic E-state index is 0.285. The largest absolute Gasteiger partial charge is 0.427 e. The third-order valence-corrected chi connectivity index (χ3v) is 3.13. The summed E-state index contributed by atoms with van der Waals surface area (Å²) in [7, 11) is 7.28. The quantitative estimate of drug-likeness (QED) is 0.283. The summed E-state index contributed by atoms with van der Waals surface area (Å²) in [6.45, 7) is 3.07. The Morgan fingerprint density at radius 1 is 1.26 bits per heavy atom. The first-order chi connectivity index (χ1) is 10.6. The molecule has 23 heavy (non-hydrogen) atoms. The van der Waals surface area contributed by atoms with Crippen molar-refractivity contribution in [1.29, 1.82) is 0 Å². The number of urea groups is 1. The van der Waals surface area contributed by atoms with Gasteiger partial charge in [-0.25, -0.2) is 4.79 Å². The molecule has 0 aliphatic heterocycles. The van der Waals surface area contributed by atoms with Gasteiger partial charge in [-0.15, -0.1) is 0 Å². The van der Waals surface area contributed by atoms with Crippen LogP contribution in [0.4, 0.5) is 10.5 Å². The van der Waals surface area contributed by atoms with E-state index in [1.165, 1.54) is 13.0 Å². The Morgan fingerprint density at radius 2 is 1.87 bits per heavy atom. The molecule has 0 spiro atoms.